The van der Waals surface area contributed by atoms with E-state index in [1.165, 1.54) is 0 Å². The van der Waals surface area contributed by atoms with Crippen LogP contribution in [0.2, 0.25) is 0 Å². The summed E-state index contributed by atoms with van der Waals surface area (Å²) in [6, 6.07) is 1.99. The number of nitrogens with zero attached hydrogens (tertiary/aromatic N) is 1. The van der Waals surface area contributed by atoms with Gasteiger partial charge in [-0.2, -0.15) is 0 Å². The molecule has 1 heterocycles. The van der Waals surface area contributed by atoms with Crippen LogP contribution in [0, 0.1) is 11.6 Å². The highest BCUT2D eigenvalue weighted by molar-refractivity contribution is 6.24. The van der Waals surface area contributed by atoms with Gasteiger partial charge >= 0.3 is 5.97 Å². The highest BCUT2D eigenvalue weighted by Crippen LogP contribution is 2.29. The van der Waals surface area contributed by atoms with Crippen LogP contribution in [0.3, 0.4) is 0 Å². The van der Waals surface area contributed by atoms with Crippen molar-refractivity contribution in [3.63, 3.8) is 0 Å². The van der Waals surface area contributed by atoms with Gasteiger partial charge in [0.25, 0.3) is 0 Å². The van der Waals surface area contributed by atoms with E-state index in [2.05, 4.69) is 0 Å². The molecule has 18 heavy (non-hydrogen) atoms. The summed E-state index contributed by atoms with van der Waals surface area (Å²) in [7, 11) is 0. The van der Waals surface area contributed by atoms with Crippen molar-refractivity contribution in [2.24, 2.45) is 0 Å². The van der Waals surface area contributed by atoms with Crippen LogP contribution in [0.25, 0.3) is 0 Å². The Bertz CT molecular complexity index is 535. The molecule has 1 amide bonds. The molecule has 1 aliphatic heterocycles. The van der Waals surface area contributed by atoms with E-state index in [4.69, 9.17) is 16.7 Å². The first-order valence-electron chi connectivity index (χ1n) is 5.07. The molecule has 1 atom stereocenters. The first-order chi connectivity index (χ1) is 8.41. The van der Waals surface area contributed by atoms with Gasteiger partial charge in [-0.3, -0.25) is 4.79 Å². The number of carboxylic acid groups (broad SMARTS) is 1. The van der Waals surface area contributed by atoms with Gasteiger partial charge in [-0.25, -0.2) is 13.6 Å². The SMILES string of the molecule is O=C(O)c1ccc(N2CC(Cl)CC2=O)c(F)c1F. The molecule has 0 aromatic heterocycles. The van der Waals surface area contributed by atoms with Crippen molar-refractivity contribution in [2.45, 2.75) is 11.8 Å². The van der Waals surface area contributed by atoms with E-state index < -0.39 is 34.5 Å². The quantitative estimate of drug-likeness (QED) is 0.840. The molecule has 2 rings (SSSR count). The highest BCUT2D eigenvalue weighted by Gasteiger charge is 2.32. The summed E-state index contributed by atoms with van der Waals surface area (Å²) in [5.41, 5.74) is -1.06. The summed E-state index contributed by atoms with van der Waals surface area (Å²) >= 11 is 5.75. The van der Waals surface area contributed by atoms with Gasteiger partial charge in [-0.1, -0.05) is 0 Å². The van der Waals surface area contributed by atoms with Gasteiger partial charge in [0.05, 0.1) is 16.6 Å². The predicted molar refractivity (Wildman–Crippen MR) is 59.9 cm³/mol. The molecular formula is C11H8ClF2NO3. The van der Waals surface area contributed by atoms with Crippen LogP contribution in [0.15, 0.2) is 12.1 Å². The van der Waals surface area contributed by atoms with Gasteiger partial charge in [-0.05, 0) is 12.1 Å². The second-order valence-electron chi connectivity index (χ2n) is 3.87. The maximum atomic E-state index is 13.7. The molecular weight excluding hydrogens is 268 g/mol. The van der Waals surface area contributed by atoms with Gasteiger partial charge in [0.15, 0.2) is 11.6 Å². The lowest BCUT2D eigenvalue weighted by molar-refractivity contribution is -0.117. The Morgan fingerprint density at radius 3 is 2.56 bits per heavy atom. The van der Waals surface area contributed by atoms with Crippen LogP contribution >= 0.6 is 11.6 Å². The topological polar surface area (TPSA) is 57.6 Å². The highest BCUT2D eigenvalue weighted by atomic mass is 35.5. The molecule has 0 saturated carbocycles. The van der Waals surface area contributed by atoms with Crippen molar-refractivity contribution in [3.05, 3.63) is 29.3 Å². The molecule has 0 bridgehead atoms. The molecule has 0 radical (unpaired) electrons. The number of anilines is 1. The number of carboxylic acids is 1. The summed E-state index contributed by atoms with van der Waals surface area (Å²) in [5.74, 6) is -4.82. The lowest BCUT2D eigenvalue weighted by atomic mass is 10.1. The van der Waals surface area contributed by atoms with E-state index in [1.54, 1.807) is 0 Å². The molecule has 1 aliphatic rings. The molecule has 0 aliphatic carbocycles. The summed E-state index contributed by atoms with van der Waals surface area (Å²) in [6.45, 7) is 0.0726. The van der Waals surface area contributed by atoms with Gasteiger partial charge in [0, 0.05) is 13.0 Å². The van der Waals surface area contributed by atoms with E-state index >= 15 is 0 Å². The third-order valence-corrected chi connectivity index (χ3v) is 2.95. The zero-order chi connectivity index (χ0) is 13.4. The first-order valence-corrected chi connectivity index (χ1v) is 5.51. The van der Waals surface area contributed by atoms with Crippen LogP contribution in [0.4, 0.5) is 14.5 Å². The second kappa shape index (κ2) is 4.53. The number of hydrogen-bond donors (Lipinski definition) is 1. The number of alkyl halides is 1. The van der Waals surface area contributed by atoms with E-state index in [9.17, 15) is 18.4 Å². The molecule has 4 nitrogen and oxygen atoms in total. The number of aromatic carboxylic acids is 1. The summed E-state index contributed by atoms with van der Waals surface area (Å²) in [5, 5.41) is 8.17. The predicted octanol–water partition coefficient (Wildman–Crippen LogP) is 2.01. The van der Waals surface area contributed by atoms with Crippen LogP contribution in [0.1, 0.15) is 16.8 Å². The van der Waals surface area contributed by atoms with Crippen LogP contribution < -0.4 is 4.90 Å². The number of benzene rings is 1. The fraction of sp³-hybridized carbons (Fsp3) is 0.273. The Kier molecular flexibility index (Phi) is 3.21. The van der Waals surface area contributed by atoms with Crippen molar-refractivity contribution in [1.29, 1.82) is 0 Å². The Morgan fingerprint density at radius 1 is 1.39 bits per heavy atom. The van der Waals surface area contributed by atoms with E-state index in [0.717, 1.165) is 17.0 Å². The number of carbonyl (C=O) groups is 2. The Hall–Kier alpha value is -1.69. The normalized spacial score (nSPS) is 19.4. The monoisotopic (exact) mass is 275 g/mol. The maximum Gasteiger partial charge on any atom is 0.338 e. The minimum absolute atomic E-state index is 0.0449. The van der Waals surface area contributed by atoms with Gasteiger partial charge in [0.2, 0.25) is 5.91 Å². The van der Waals surface area contributed by atoms with Gasteiger partial charge in [-0.15, -0.1) is 11.6 Å². The lowest BCUT2D eigenvalue weighted by Crippen LogP contribution is -2.26. The van der Waals surface area contributed by atoms with Crippen molar-refractivity contribution in [2.75, 3.05) is 11.4 Å². The zero-order valence-corrected chi connectivity index (χ0v) is 9.75. The molecule has 1 N–H and O–H groups in total. The maximum absolute atomic E-state index is 13.7. The van der Waals surface area contributed by atoms with Crippen molar-refractivity contribution in [1.82, 2.24) is 0 Å². The van der Waals surface area contributed by atoms with Crippen LogP contribution in [0.5, 0.6) is 0 Å². The van der Waals surface area contributed by atoms with Crippen LogP contribution in [-0.4, -0.2) is 28.9 Å². The average Bonchev–Trinajstić information content (AvgIpc) is 2.61. The number of carbonyl (C=O) groups excluding carboxylic acids is 1. The van der Waals surface area contributed by atoms with Crippen molar-refractivity contribution >= 4 is 29.2 Å². The fourth-order valence-electron chi connectivity index (χ4n) is 1.81. The smallest absolute Gasteiger partial charge is 0.338 e. The third-order valence-electron chi connectivity index (χ3n) is 2.66. The molecule has 1 unspecified atom stereocenters. The van der Waals surface area contributed by atoms with E-state index in [1.807, 2.05) is 0 Å². The van der Waals surface area contributed by atoms with Crippen molar-refractivity contribution in [3.8, 4) is 0 Å². The number of amides is 1. The number of rotatable bonds is 2. The van der Waals surface area contributed by atoms with Gasteiger partial charge < -0.3 is 10.0 Å². The molecule has 0 spiro atoms. The first kappa shape index (κ1) is 12.8. The van der Waals surface area contributed by atoms with E-state index in [0.29, 0.717) is 0 Å². The standard InChI is InChI=1S/C11H8ClF2NO3/c12-5-3-8(16)15(4-5)7-2-1-6(11(17)18)9(13)10(7)14/h1-2,5H,3-4H2,(H,17,18). The van der Waals surface area contributed by atoms with Crippen LogP contribution in [-0.2, 0) is 4.79 Å². The van der Waals surface area contributed by atoms with Gasteiger partial charge in [0.1, 0.15) is 0 Å². The average molecular weight is 276 g/mol. The Balaban J connectivity index is 2.45. The largest absolute Gasteiger partial charge is 0.478 e. The van der Waals surface area contributed by atoms with E-state index in [-0.39, 0.29) is 18.7 Å². The lowest BCUT2D eigenvalue weighted by Gasteiger charge is -2.17. The Morgan fingerprint density at radius 2 is 2.06 bits per heavy atom. The van der Waals surface area contributed by atoms with Crippen molar-refractivity contribution < 1.29 is 23.5 Å². The molecule has 96 valence electrons. The molecule has 1 aromatic rings. The molecule has 1 saturated heterocycles. The second-order valence-corrected chi connectivity index (χ2v) is 4.49. The minimum atomic E-state index is -1.57. The third kappa shape index (κ3) is 2.03. The Labute approximate surface area is 106 Å². The molecule has 1 aromatic carbocycles. The fourth-order valence-corrected chi connectivity index (χ4v) is 2.08. The molecule has 1 fully saturated rings. The molecule has 7 heteroatoms. The summed E-state index contributed by atoms with van der Waals surface area (Å²) in [4.78, 5) is 23.1. The zero-order valence-electron chi connectivity index (χ0n) is 8.99. The minimum Gasteiger partial charge on any atom is -0.478 e. The number of hydrogen-bond acceptors (Lipinski definition) is 2. The summed E-state index contributed by atoms with van der Waals surface area (Å²) < 4.78 is 27.2. The number of halogens is 3. The summed E-state index contributed by atoms with van der Waals surface area (Å²) in [6.07, 6.45) is 0.0449.